The summed E-state index contributed by atoms with van der Waals surface area (Å²) in [6, 6.07) is 8.53. The van der Waals surface area contributed by atoms with Crippen LogP contribution >= 0.6 is 0 Å². The van der Waals surface area contributed by atoms with Gasteiger partial charge in [-0.1, -0.05) is 30.3 Å². The first kappa shape index (κ1) is 15.2. The van der Waals surface area contributed by atoms with Gasteiger partial charge in [0.15, 0.2) is 5.65 Å². The molecule has 2 heterocycles. The fourth-order valence-corrected chi connectivity index (χ4v) is 2.63. The van der Waals surface area contributed by atoms with Gasteiger partial charge in [0, 0.05) is 17.3 Å². The van der Waals surface area contributed by atoms with E-state index in [1.165, 1.54) is 5.56 Å². The summed E-state index contributed by atoms with van der Waals surface area (Å²) in [5.74, 6) is 0. The second-order valence-electron chi connectivity index (χ2n) is 5.95. The van der Waals surface area contributed by atoms with Gasteiger partial charge in [0.1, 0.15) is 17.5 Å². The Balaban J connectivity index is 2.16. The lowest BCUT2D eigenvalue weighted by molar-refractivity contribution is 0.612. The Morgan fingerprint density at radius 2 is 2.00 bits per heavy atom. The quantitative estimate of drug-likeness (QED) is 0.801. The van der Waals surface area contributed by atoms with Gasteiger partial charge in [-0.2, -0.15) is 0 Å². The Labute approximate surface area is 135 Å². The van der Waals surface area contributed by atoms with E-state index in [2.05, 4.69) is 45.5 Å². The molecule has 1 aromatic carbocycles. The van der Waals surface area contributed by atoms with Gasteiger partial charge in [-0.25, -0.2) is 15.0 Å². The predicted octanol–water partition coefficient (Wildman–Crippen LogP) is 3.48. The molecule has 0 aliphatic rings. The van der Waals surface area contributed by atoms with Gasteiger partial charge < -0.3 is 10.3 Å². The zero-order valence-electron chi connectivity index (χ0n) is 13.7. The van der Waals surface area contributed by atoms with E-state index in [1.807, 2.05) is 31.5 Å². The second kappa shape index (κ2) is 6.20. The van der Waals surface area contributed by atoms with Gasteiger partial charge in [-0.15, -0.1) is 0 Å². The molecule has 0 spiro atoms. The van der Waals surface area contributed by atoms with Crippen molar-refractivity contribution < 1.29 is 0 Å². The molecule has 0 saturated carbocycles. The number of nitrogens with zero attached hydrogens (tertiary/aromatic N) is 4. The van der Waals surface area contributed by atoms with Crippen LogP contribution in [0.5, 0.6) is 0 Å². The van der Waals surface area contributed by atoms with Crippen LogP contribution in [0.3, 0.4) is 0 Å². The average Bonchev–Trinajstić information content (AvgIpc) is 2.97. The van der Waals surface area contributed by atoms with Crippen molar-refractivity contribution in [1.29, 1.82) is 0 Å². The van der Waals surface area contributed by atoms with Gasteiger partial charge in [0.25, 0.3) is 0 Å². The lowest BCUT2D eigenvalue weighted by atomic mass is 10.0. The second-order valence-corrected chi connectivity index (χ2v) is 5.95. The lowest BCUT2D eigenvalue weighted by Crippen LogP contribution is -2.00. The largest absolute Gasteiger partial charge is 0.403 e. The summed E-state index contributed by atoms with van der Waals surface area (Å²) in [7, 11) is 0. The normalized spacial score (nSPS) is 12.3. The topological polar surface area (TPSA) is 69.6 Å². The van der Waals surface area contributed by atoms with E-state index in [0.29, 0.717) is 6.04 Å². The molecule has 0 unspecified atom stereocenters. The molecular formula is C18H21N5. The highest BCUT2D eigenvalue weighted by Crippen LogP contribution is 2.28. The van der Waals surface area contributed by atoms with Crippen LogP contribution in [0.1, 0.15) is 32.4 Å². The molecule has 0 aliphatic heterocycles. The number of nitrogens with two attached hydrogens (primary N) is 1. The minimum absolute atomic E-state index is 0.306. The Morgan fingerprint density at radius 1 is 1.22 bits per heavy atom. The number of hydrogen-bond acceptors (Lipinski definition) is 4. The van der Waals surface area contributed by atoms with Crippen LogP contribution in [0.4, 0.5) is 0 Å². The van der Waals surface area contributed by atoms with Gasteiger partial charge in [-0.3, -0.25) is 0 Å². The highest BCUT2D eigenvalue weighted by atomic mass is 15.1. The van der Waals surface area contributed by atoms with E-state index in [1.54, 1.807) is 6.33 Å². The molecule has 3 rings (SSSR count). The fourth-order valence-electron chi connectivity index (χ4n) is 2.63. The van der Waals surface area contributed by atoms with Crippen molar-refractivity contribution in [2.24, 2.45) is 5.73 Å². The number of rotatable bonds is 4. The first-order chi connectivity index (χ1) is 11.1. The fraction of sp³-hybridized carbons (Fsp3) is 0.278. The summed E-state index contributed by atoms with van der Waals surface area (Å²) in [5.41, 5.74) is 11.4. The first-order valence-electron chi connectivity index (χ1n) is 7.76. The number of imidazole rings is 1. The zero-order chi connectivity index (χ0) is 16.4. The Morgan fingerprint density at radius 3 is 2.74 bits per heavy atom. The smallest absolute Gasteiger partial charge is 0.164 e. The van der Waals surface area contributed by atoms with E-state index >= 15 is 0 Å². The highest BCUT2D eigenvalue weighted by Gasteiger charge is 2.15. The van der Waals surface area contributed by atoms with E-state index in [4.69, 9.17) is 5.73 Å². The van der Waals surface area contributed by atoms with Crippen molar-refractivity contribution in [2.75, 3.05) is 0 Å². The van der Waals surface area contributed by atoms with E-state index < -0.39 is 0 Å². The molecule has 0 saturated heterocycles. The summed E-state index contributed by atoms with van der Waals surface area (Å²) in [6.45, 7) is 6.13. The SMILES string of the molecule is C/C(N)=C/Cc1ccccc1-c1ncnc2c1ncn2C(C)C. The summed E-state index contributed by atoms with van der Waals surface area (Å²) < 4.78 is 2.06. The third-order valence-electron chi connectivity index (χ3n) is 3.83. The van der Waals surface area contributed by atoms with Crippen LogP contribution in [0.2, 0.25) is 0 Å². The maximum atomic E-state index is 5.78. The molecule has 0 aliphatic carbocycles. The third kappa shape index (κ3) is 2.95. The first-order valence-corrected chi connectivity index (χ1v) is 7.76. The van der Waals surface area contributed by atoms with Crippen molar-refractivity contribution in [3.63, 3.8) is 0 Å². The summed E-state index contributed by atoms with van der Waals surface area (Å²) >= 11 is 0. The molecule has 3 aromatic rings. The third-order valence-corrected chi connectivity index (χ3v) is 3.83. The molecule has 0 bridgehead atoms. The number of benzene rings is 1. The minimum atomic E-state index is 0.306. The van der Waals surface area contributed by atoms with Crippen LogP contribution in [0.15, 0.2) is 48.7 Å². The number of hydrogen-bond donors (Lipinski definition) is 1. The highest BCUT2D eigenvalue weighted by molar-refractivity contribution is 5.88. The lowest BCUT2D eigenvalue weighted by Gasteiger charge is -2.09. The number of fused-ring (bicyclic) bond motifs is 1. The van der Waals surface area contributed by atoms with Gasteiger partial charge in [0.2, 0.25) is 0 Å². The molecular weight excluding hydrogens is 286 g/mol. The van der Waals surface area contributed by atoms with Crippen LogP contribution in [0, 0.1) is 0 Å². The molecule has 0 radical (unpaired) electrons. The van der Waals surface area contributed by atoms with Crippen molar-refractivity contribution in [1.82, 2.24) is 19.5 Å². The summed E-state index contributed by atoms with van der Waals surface area (Å²) in [6.07, 6.45) is 6.23. The molecule has 5 nitrogen and oxygen atoms in total. The summed E-state index contributed by atoms with van der Waals surface area (Å²) in [5, 5.41) is 0. The van der Waals surface area contributed by atoms with E-state index in [-0.39, 0.29) is 0 Å². The molecule has 0 atom stereocenters. The maximum Gasteiger partial charge on any atom is 0.164 e. The van der Waals surface area contributed by atoms with Crippen LogP contribution < -0.4 is 5.73 Å². The molecule has 23 heavy (non-hydrogen) atoms. The van der Waals surface area contributed by atoms with Crippen molar-refractivity contribution in [3.8, 4) is 11.3 Å². The van der Waals surface area contributed by atoms with Crippen molar-refractivity contribution in [2.45, 2.75) is 33.2 Å². The van der Waals surface area contributed by atoms with Gasteiger partial charge >= 0.3 is 0 Å². The molecule has 0 fully saturated rings. The molecule has 2 aromatic heterocycles. The van der Waals surface area contributed by atoms with Crippen molar-refractivity contribution >= 4 is 11.2 Å². The van der Waals surface area contributed by atoms with Crippen LogP contribution in [-0.4, -0.2) is 19.5 Å². The van der Waals surface area contributed by atoms with Crippen molar-refractivity contribution in [3.05, 3.63) is 54.3 Å². The number of aromatic nitrogens is 4. The monoisotopic (exact) mass is 307 g/mol. The Hall–Kier alpha value is -2.69. The number of allylic oxidation sites excluding steroid dienone is 2. The zero-order valence-corrected chi connectivity index (χ0v) is 13.7. The Kier molecular flexibility index (Phi) is 4.10. The van der Waals surface area contributed by atoms with Gasteiger partial charge in [-0.05, 0) is 32.8 Å². The van der Waals surface area contributed by atoms with Gasteiger partial charge in [0.05, 0.1) is 6.33 Å². The molecule has 0 amide bonds. The molecule has 118 valence electrons. The predicted molar refractivity (Wildman–Crippen MR) is 92.8 cm³/mol. The standard InChI is InChI=1S/C18H21N5/c1-12(2)23-11-22-17-16(20-10-21-18(17)23)15-7-5-4-6-14(15)9-8-13(3)19/h4-8,10-12H,9,19H2,1-3H3/b13-8-. The molecule has 5 heteroatoms. The Bertz CT molecular complexity index is 857. The summed E-state index contributed by atoms with van der Waals surface area (Å²) in [4.78, 5) is 13.5. The van der Waals surface area contributed by atoms with E-state index in [9.17, 15) is 0 Å². The van der Waals surface area contributed by atoms with Crippen LogP contribution in [0.25, 0.3) is 22.4 Å². The van der Waals surface area contributed by atoms with Crippen LogP contribution in [-0.2, 0) is 6.42 Å². The minimum Gasteiger partial charge on any atom is -0.403 e. The maximum absolute atomic E-state index is 5.78. The average molecular weight is 307 g/mol. The molecule has 2 N–H and O–H groups in total. The van der Waals surface area contributed by atoms with E-state index in [0.717, 1.165) is 34.5 Å².